The van der Waals surface area contributed by atoms with Crippen molar-refractivity contribution in [2.24, 2.45) is 5.92 Å². The average Bonchev–Trinajstić information content (AvgIpc) is 2.43. The normalized spacial score (nSPS) is 24.1. The van der Waals surface area contributed by atoms with Gasteiger partial charge in [0.15, 0.2) is 0 Å². The summed E-state index contributed by atoms with van der Waals surface area (Å²) >= 11 is 0. The van der Waals surface area contributed by atoms with E-state index in [0.29, 0.717) is 25.9 Å². The second-order valence-electron chi connectivity index (χ2n) is 4.75. The average molecular weight is 292 g/mol. The molecule has 0 aliphatic heterocycles. The Morgan fingerprint density at radius 3 is 2.58 bits per heavy atom. The lowest BCUT2D eigenvalue weighted by atomic mass is 9.89. The zero-order chi connectivity index (χ0) is 14.3. The van der Waals surface area contributed by atoms with Crippen LogP contribution in [-0.2, 0) is 19.6 Å². The fourth-order valence-electron chi connectivity index (χ4n) is 2.45. The number of sulfonamides is 1. The van der Waals surface area contributed by atoms with Crippen molar-refractivity contribution in [3.63, 3.8) is 0 Å². The van der Waals surface area contributed by atoms with Crippen molar-refractivity contribution in [3.05, 3.63) is 0 Å². The van der Waals surface area contributed by atoms with Crippen molar-refractivity contribution in [1.29, 1.82) is 0 Å². The molecule has 0 radical (unpaired) electrons. The third-order valence-corrected chi connectivity index (χ3v) is 5.43. The minimum atomic E-state index is -3.46. The molecular formula is C12H24N2O4S. The molecule has 0 aromatic heterocycles. The molecule has 1 fully saturated rings. The molecular weight excluding hydrogens is 268 g/mol. The fourth-order valence-corrected chi connectivity index (χ4v) is 4.21. The molecule has 0 aromatic rings. The Kier molecular flexibility index (Phi) is 6.74. The van der Waals surface area contributed by atoms with Crippen LogP contribution in [0.5, 0.6) is 0 Å². The van der Waals surface area contributed by atoms with Gasteiger partial charge in [-0.25, -0.2) is 13.1 Å². The van der Waals surface area contributed by atoms with E-state index < -0.39 is 27.2 Å². The first-order valence-corrected chi connectivity index (χ1v) is 8.34. The first-order valence-electron chi connectivity index (χ1n) is 6.80. The summed E-state index contributed by atoms with van der Waals surface area (Å²) in [6, 6.07) is 0. The van der Waals surface area contributed by atoms with Gasteiger partial charge in [-0.1, -0.05) is 19.8 Å². The second-order valence-corrected chi connectivity index (χ2v) is 6.73. The summed E-state index contributed by atoms with van der Waals surface area (Å²) in [6.45, 7) is 3.70. The molecule has 1 rings (SSSR count). The quantitative estimate of drug-likeness (QED) is 0.519. The van der Waals surface area contributed by atoms with Crippen molar-refractivity contribution in [3.8, 4) is 0 Å². The molecule has 112 valence electrons. The number of esters is 1. The number of likely N-dealkylation sites (N-methyl/N-ethyl adjacent to an activating group) is 1. The lowest BCUT2D eigenvalue weighted by Crippen LogP contribution is -2.45. The van der Waals surface area contributed by atoms with Gasteiger partial charge in [0.05, 0.1) is 18.3 Å². The van der Waals surface area contributed by atoms with E-state index in [1.807, 2.05) is 6.92 Å². The number of hydrogen-bond donors (Lipinski definition) is 2. The van der Waals surface area contributed by atoms with E-state index in [9.17, 15) is 13.2 Å². The smallest absolute Gasteiger partial charge is 0.310 e. The summed E-state index contributed by atoms with van der Waals surface area (Å²) in [5, 5.41) is 2.39. The molecule has 19 heavy (non-hydrogen) atoms. The molecule has 2 N–H and O–H groups in total. The standard InChI is InChI=1S/C12H24N2O4S/c1-3-13-8-9-14-19(16,17)11-7-5-4-6-10(11)12(15)18-2/h10-11,13-14H,3-9H2,1-2H3. The summed E-state index contributed by atoms with van der Waals surface area (Å²) in [5.74, 6) is -0.947. The first kappa shape index (κ1) is 16.4. The van der Waals surface area contributed by atoms with E-state index in [4.69, 9.17) is 4.74 Å². The minimum Gasteiger partial charge on any atom is -0.469 e. The molecule has 1 aliphatic carbocycles. The van der Waals surface area contributed by atoms with Crippen LogP contribution in [0, 0.1) is 5.92 Å². The maximum atomic E-state index is 12.2. The molecule has 0 bridgehead atoms. The summed E-state index contributed by atoms with van der Waals surface area (Å²) in [5.41, 5.74) is 0. The van der Waals surface area contributed by atoms with E-state index in [2.05, 4.69) is 10.0 Å². The number of methoxy groups -OCH3 is 1. The van der Waals surface area contributed by atoms with Gasteiger partial charge >= 0.3 is 5.97 Å². The number of carbonyl (C=O) groups excluding carboxylic acids is 1. The van der Waals surface area contributed by atoms with Crippen LogP contribution in [0.1, 0.15) is 32.6 Å². The van der Waals surface area contributed by atoms with Crippen LogP contribution >= 0.6 is 0 Å². The maximum Gasteiger partial charge on any atom is 0.310 e. The first-order chi connectivity index (χ1) is 9.03. The van der Waals surface area contributed by atoms with E-state index in [-0.39, 0.29) is 0 Å². The van der Waals surface area contributed by atoms with Crippen LogP contribution in [0.4, 0.5) is 0 Å². The third-order valence-electron chi connectivity index (χ3n) is 3.46. The summed E-state index contributed by atoms with van der Waals surface area (Å²) < 4.78 is 31.8. The third kappa shape index (κ3) is 4.74. The molecule has 6 nitrogen and oxygen atoms in total. The van der Waals surface area contributed by atoms with Gasteiger partial charge in [0.1, 0.15) is 0 Å². The molecule has 0 amide bonds. The van der Waals surface area contributed by atoms with Gasteiger partial charge in [-0.2, -0.15) is 0 Å². The minimum absolute atomic E-state index is 0.348. The van der Waals surface area contributed by atoms with Gasteiger partial charge in [-0.3, -0.25) is 4.79 Å². The van der Waals surface area contributed by atoms with Crippen LogP contribution < -0.4 is 10.0 Å². The number of ether oxygens (including phenoxy) is 1. The fraction of sp³-hybridized carbons (Fsp3) is 0.917. The zero-order valence-electron chi connectivity index (χ0n) is 11.6. The van der Waals surface area contributed by atoms with Crippen LogP contribution in [0.2, 0.25) is 0 Å². The maximum absolute atomic E-state index is 12.2. The topological polar surface area (TPSA) is 84.5 Å². The van der Waals surface area contributed by atoms with Gasteiger partial charge in [0.2, 0.25) is 10.0 Å². The molecule has 2 atom stereocenters. The number of nitrogens with one attached hydrogen (secondary N) is 2. The Bertz CT molecular complexity index is 383. The Hall–Kier alpha value is -0.660. The molecule has 0 saturated heterocycles. The molecule has 1 saturated carbocycles. The van der Waals surface area contributed by atoms with Crippen LogP contribution in [0.15, 0.2) is 0 Å². The van der Waals surface area contributed by atoms with E-state index in [0.717, 1.165) is 19.4 Å². The van der Waals surface area contributed by atoms with Crippen LogP contribution in [0.3, 0.4) is 0 Å². The molecule has 0 heterocycles. The Balaban J connectivity index is 2.64. The molecule has 7 heteroatoms. The molecule has 0 spiro atoms. The number of rotatable bonds is 7. The predicted octanol–water partition coefficient (Wildman–Crippen LogP) is 0.247. The lowest BCUT2D eigenvalue weighted by molar-refractivity contribution is -0.146. The highest BCUT2D eigenvalue weighted by molar-refractivity contribution is 7.90. The van der Waals surface area contributed by atoms with Gasteiger partial charge in [0, 0.05) is 13.1 Å². The van der Waals surface area contributed by atoms with Crippen LogP contribution in [0.25, 0.3) is 0 Å². The van der Waals surface area contributed by atoms with Crippen molar-refractivity contribution >= 4 is 16.0 Å². The molecule has 0 aromatic carbocycles. The lowest BCUT2D eigenvalue weighted by Gasteiger charge is -2.29. The van der Waals surface area contributed by atoms with E-state index >= 15 is 0 Å². The largest absolute Gasteiger partial charge is 0.469 e. The van der Waals surface area contributed by atoms with Gasteiger partial charge in [-0.05, 0) is 19.4 Å². The SMILES string of the molecule is CCNCCNS(=O)(=O)C1CCCCC1C(=O)OC. The predicted molar refractivity (Wildman–Crippen MR) is 73.2 cm³/mol. The van der Waals surface area contributed by atoms with Gasteiger partial charge in [-0.15, -0.1) is 0 Å². The highest BCUT2D eigenvalue weighted by Gasteiger charge is 2.39. The zero-order valence-corrected chi connectivity index (χ0v) is 12.5. The van der Waals surface area contributed by atoms with Gasteiger partial charge in [0.25, 0.3) is 0 Å². The van der Waals surface area contributed by atoms with Crippen molar-refractivity contribution < 1.29 is 17.9 Å². The highest BCUT2D eigenvalue weighted by Crippen LogP contribution is 2.30. The molecule has 1 aliphatic rings. The Morgan fingerprint density at radius 2 is 1.95 bits per heavy atom. The second kappa shape index (κ2) is 7.81. The number of hydrogen-bond acceptors (Lipinski definition) is 5. The Morgan fingerprint density at radius 1 is 1.26 bits per heavy atom. The van der Waals surface area contributed by atoms with Gasteiger partial charge < -0.3 is 10.1 Å². The summed E-state index contributed by atoms with van der Waals surface area (Å²) in [6.07, 6.45) is 2.83. The summed E-state index contributed by atoms with van der Waals surface area (Å²) in [4.78, 5) is 11.7. The van der Waals surface area contributed by atoms with E-state index in [1.165, 1.54) is 7.11 Å². The highest BCUT2D eigenvalue weighted by atomic mass is 32.2. The monoisotopic (exact) mass is 292 g/mol. The van der Waals surface area contributed by atoms with Crippen molar-refractivity contribution in [2.75, 3.05) is 26.7 Å². The molecule has 2 unspecified atom stereocenters. The van der Waals surface area contributed by atoms with Crippen molar-refractivity contribution in [1.82, 2.24) is 10.0 Å². The van der Waals surface area contributed by atoms with Crippen LogP contribution in [-0.4, -0.2) is 46.4 Å². The van der Waals surface area contributed by atoms with Crippen molar-refractivity contribution in [2.45, 2.75) is 37.9 Å². The summed E-state index contributed by atoms with van der Waals surface area (Å²) in [7, 11) is -2.15. The van der Waals surface area contributed by atoms with E-state index in [1.54, 1.807) is 0 Å². The Labute approximate surface area is 115 Å². The number of carbonyl (C=O) groups is 1.